The third kappa shape index (κ3) is 5.19. The molecule has 0 aromatic carbocycles. The van der Waals surface area contributed by atoms with Crippen molar-refractivity contribution in [1.29, 1.82) is 0 Å². The molecule has 84 valence electrons. The summed E-state index contributed by atoms with van der Waals surface area (Å²) in [5, 5.41) is 18.7. The number of carbonyl (C=O) groups excluding carboxylic acids is 1. The summed E-state index contributed by atoms with van der Waals surface area (Å²) in [4.78, 5) is 11.0. The van der Waals surface area contributed by atoms with Crippen molar-refractivity contribution < 1.29 is 19.7 Å². The first-order valence-corrected chi connectivity index (χ1v) is 5.16. The molecule has 2 atom stereocenters. The number of aliphatic hydroxyl groups excluding tert-OH is 2. The van der Waals surface area contributed by atoms with Crippen LogP contribution in [0.4, 0.5) is 0 Å². The van der Waals surface area contributed by atoms with Gasteiger partial charge < -0.3 is 14.9 Å². The number of hydrogen-bond acceptors (Lipinski definition) is 4. The lowest BCUT2D eigenvalue weighted by molar-refractivity contribution is -0.159. The standard InChI is InChI=1S/C10H20O4/c1-3-5-6-7-8(11)9(12)10(13)14-4-2/h8-9,11-12H,3-7H2,1-2H3/t8-,9-/m1/s1. The van der Waals surface area contributed by atoms with Gasteiger partial charge in [0.25, 0.3) is 0 Å². The van der Waals surface area contributed by atoms with E-state index < -0.39 is 18.2 Å². The summed E-state index contributed by atoms with van der Waals surface area (Å²) in [6.45, 7) is 3.93. The monoisotopic (exact) mass is 204 g/mol. The lowest BCUT2D eigenvalue weighted by Gasteiger charge is -2.15. The molecular formula is C10H20O4. The maximum Gasteiger partial charge on any atom is 0.337 e. The molecule has 0 aliphatic carbocycles. The zero-order valence-electron chi connectivity index (χ0n) is 8.90. The van der Waals surface area contributed by atoms with E-state index in [1.165, 1.54) is 0 Å². The normalized spacial score (nSPS) is 14.9. The van der Waals surface area contributed by atoms with E-state index in [0.717, 1.165) is 19.3 Å². The van der Waals surface area contributed by atoms with Gasteiger partial charge in [0.05, 0.1) is 12.7 Å². The van der Waals surface area contributed by atoms with E-state index in [2.05, 4.69) is 4.74 Å². The SMILES string of the molecule is CCCCC[C@@H](O)[C@@H](O)C(=O)OCC. The van der Waals surface area contributed by atoms with Crippen LogP contribution in [0.2, 0.25) is 0 Å². The fourth-order valence-corrected chi connectivity index (χ4v) is 1.15. The van der Waals surface area contributed by atoms with E-state index in [4.69, 9.17) is 0 Å². The van der Waals surface area contributed by atoms with Crippen LogP contribution in [-0.4, -0.2) is 35.0 Å². The third-order valence-corrected chi connectivity index (χ3v) is 2.00. The van der Waals surface area contributed by atoms with Crippen LogP contribution in [0, 0.1) is 0 Å². The Labute approximate surface area is 84.9 Å². The fourth-order valence-electron chi connectivity index (χ4n) is 1.15. The van der Waals surface area contributed by atoms with Crippen LogP contribution in [0.3, 0.4) is 0 Å². The molecule has 0 unspecified atom stereocenters. The van der Waals surface area contributed by atoms with Crippen LogP contribution in [-0.2, 0) is 9.53 Å². The molecule has 0 aliphatic rings. The van der Waals surface area contributed by atoms with E-state index in [9.17, 15) is 15.0 Å². The summed E-state index contributed by atoms with van der Waals surface area (Å²) < 4.78 is 4.58. The van der Waals surface area contributed by atoms with Gasteiger partial charge in [0.15, 0.2) is 6.10 Å². The first-order chi connectivity index (χ1) is 6.63. The summed E-state index contributed by atoms with van der Waals surface area (Å²) in [6.07, 6.45) is 0.893. The van der Waals surface area contributed by atoms with Crippen LogP contribution in [0.1, 0.15) is 39.5 Å². The molecule has 0 rings (SSSR count). The van der Waals surface area contributed by atoms with Gasteiger partial charge in [-0.3, -0.25) is 0 Å². The summed E-state index contributed by atoms with van der Waals surface area (Å²) >= 11 is 0. The predicted molar refractivity (Wildman–Crippen MR) is 52.8 cm³/mol. The Morgan fingerprint density at radius 3 is 2.43 bits per heavy atom. The minimum absolute atomic E-state index is 0.220. The summed E-state index contributed by atoms with van der Waals surface area (Å²) in [5.74, 6) is -0.739. The van der Waals surface area contributed by atoms with Crippen LogP contribution in [0.25, 0.3) is 0 Å². The van der Waals surface area contributed by atoms with Crippen molar-refractivity contribution in [3.05, 3.63) is 0 Å². The molecule has 0 aromatic heterocycles. The molecule has 0 fully saturated rings. The van der Waals surface area contributed by atoms with Crippen LogP contribution >= 0.6 is 0 Å². The number of hydrogen-bond donors (Lipinski definition) is 2. The Hall–Kier alpha value is -0.610. The van der Waals surface area contributed by atoms with Crippen LogP contribution < -0.4 is 0 Å². The average molecular weight is 204 g/mol. The molecule has 4 heteroatoms. The van der Waals surface area contributed by atoms with Crippen molar-refractivity contribution in [2.75, 3.05) is 6.61 Å². The highest BCUT2D eigenvalue weighted by Gasteiger charge is 2.24. The number of esters is 1. The highest BCUT2D eigenvalue weighted by atomic mass is 16.5. The van der Waals surface area contributed by atoms with Crippen molar-refractivity contribution >= 4 is 5.97 Å². The fraction of sp³-hybridized carbons (Fsp3) is 0.900. The Balaban J connectivity index is 3.74. The second-order valence-electron chi connectivity index (χ2n) is 3.26. The van der Waals surface area contributed by atoms with Gasteiger partial charge >= 0.3 is 5.97 Å². The first-order valence-electron chi connectivity index (χ1n) is 5.16. The molecule has 0 saturated heterocycles. The molecule has 0 aliphatic heterocycles. The minimum Gasteiger partial charge on any atom is -0.464 e. The molecule has 2 N–H and O–H groups in total. The predicted octanol–water partition coefficient (Wildman–Crippen LogP) is 0.852. The van der Waals surface area contributed by atoms with Gasteiger partial charge in [-0.25, -0.2) is 4.79 Å². The molecule has 0 aromatic rings. The highest BCUT2D eigenvalue weighted by Crippen LogP contribution is 2.07. The van der Waals surface area contributed by atoms with Crippen molar-refractivity contribution in [2.24, 2.45) is 0 Å². The Morgan fingerprint density at radius 2 is 1.93 bits per heavy atom. The van der Waals surface area contributed by atoms with Gasteiger partial charge in [-0.15, -0.1) is 0 Å². The number of ether oxygens (including phenoxy) is 1. The molecule has 0 saturated carbocycles. The number of aliphatic hydroxyl groups is 2. The molecule has 14 heavy (non-hydrogen) atoms. The van der Waals surface area contributed by atoms with Gasteiger partial charge in [-0.2, -0.15) is 0 Å². The maximum atomic E-state index is 11.0. The minimum atomic E-state index is -1.40. The lowest BCUT2D eigenvalue weighted by Crippen LogP contribution is -2.35. The second-order valence-corrected chi connectivity index (χ2v) is 3.26. The maximum absolute atomic E-state index is 11.0. The van der Waals surface area contributed by atoms with Crippen molar-refractivity contribution in [1.82, 2.24) is 0 Å². The third-order valence-electron chi connectivity index (χ3n) is 2.00. The molecule has 0 amide bonds. The van der Waals surface area contributed by atoms with Crippen LogP contribution in [0.15, 0.2) is 0 Å². The number of unbranched alkanes of at least 4 members (excludes halogenated alkanes) is 2. The van der Waals surface area contributed by atoms with Gasteiger partial charge in [0.2, 0.25) is 0 Å². The van der Waals surface area contributed by atoms with E-state index in [0.29, 0.717) is 6.42 Å². The molecule has 0 spiro atoms. The highest BCUT2D eigenvalue weighted by molar-refractivity contribution is 5.75. The van der Waals surface area contributed by atoms with Gasteiger partial charge in [-0.1, -0.05) is 26.2 Å². The number of carbonyl (C=O) groups is 1. The second kappa shape index (κ2) is 7.76. The van der Waals surface area contributed by atoms with Gasteiger partial charge in [0.1, 0.15) is 0 Å². The Kier molecular flexibility index (Phi) is 7.42. The lowest BCUT2D eigenvalue weighted by atomic mass is 10.1. The zero-order valence-corrected chi connectivity index (χ0v) is 8.90. The molecule has 0 radical (unpaired) electrons. The van der Waals surface area contributed by atoms with Gasteiger partial charge in [0, 0.05) is 0 Å². The Bertz CT molecular complexity index is 158. The first kappa shape index (κ1) is 13.4. The zero-order chi connectivity index (χ0) is 11.0. The topological polar surface area (TPSA) is 66.8 Å². The summed E-state index contributed by atoms with van der Waals surface area (Å²) in [7, 11) is 0. The number of rotatable bonds is 7. The molecular weight excluding hydrogens is 184 g/mol. The quantitative estimate of drug-likeness (QED) is 0.476. The average Bonchev–Trinajstić information content (AvgIpc) is 2.17. The van der Waals surface area contributed by atoms with Crippen molar-refractivity contribution in [2.45, 2.75) is 51.7 Å². The summed E-state index contributed by atoms with van der Waals surface area (Å²) in [5.41, 5.74) is 0. The van der Waals surface area contributed by atoms with Crippen LogP contribution in [0.5, 0.6) is 0 Å². The molecule has 4 nitrogen and oxygen atoms in total. The van der Waals surface area contributed by atoms with E-state index in [1.807, 2.05) is 6.92 Å². The summed E-state index contributed by atoms with van der Waals surface area (Å²) in [6, 6.07) is 0. The van der Waals surface area contributed by atoms with E-state index in [-0.39, 0.29) is 6.61 Å². The molecule has 0 heterocycles. The van der Waals surface area contributed by atoms with E-state index in [1.54, 1.807) is 6.92 Å². The van der Waals surface area contributed by atoms with Crippen molar-refractivity contribution in [3.63, 3.8) is 0 Å². The molecule has 0 bridgehead atoms. The Morgan fingerprint density at radius 1 is 1.29 bits per heavy atom. The largest absolute Gasteiger partial charge is 0.464 e. The van der Waals surface area contributed by atoms with E-state index >= 15 is 0 Å². The smallest absolute Gasteiger partial charge is 0.337 e. The van der Waals surface area contributed by atoms with Gasteiger partial charge in [-0.05, 0) is 13.3 Å². The van der Waals surface area contributed by atoms with Crippen molar-refractivity contribution in [3.8, 4) is 0 Å².